The summed E-state index contributed by atoms with van der Waals surface area (Å²) >= 11 is 7.73. The molecule has 1 saturated heterocycles. The van der Waals surface area contributed by atoms with Crippen molar-refractivity contribution in [3.05, 3.63) is 28.8 Å². The summed E-state index contributed by atoms with van der Waals surface area (Å²) in [5.74, 6) is 0.192. The summed E-state index contributed by atoms with van der Waals surface area (Å²) in [7, 11) is 0. The molecule has 1 heterocycles. The first kappa shape index (κ1) is 16.1. The Morgan fingerprint density at radius 1 is 1.40 bits per heavy atom. The normalized spacial score (nSPS) is 19.8. The number of nitrogens with one attached hydrogen (secondary N) is 1. The highest BCUT2D eigenvalue weighted by Crippen LogP contribution is 2.32. The molecule has 0 bridgehead atoms. The van der Waals surface area contributed by atoms with Crippen LogP contribution >= 0.6 is 23.4 Å². The van der Waals surface area contributed by atoms with Crippen molar-refractivity contribution in [1.82, 2.24) is 10.2 Å². The minimum absolute atomic E-state index is 0.192. The lowest BCUT2D eigenvalue weighted by atomic mass is 9.96. The molecule has 1 aliphatic rings. The van der Waals surface area contributed by atoms with Gasteiger partial charge in [0.25, 0.3) is 0 Å². The quantitative estimate of drug-likeness (QED) is 0.819. The summed E-state index contributed by atoms with van der Waals surface area (Å²) in [6.45, 7) is 7.22. The summed E-state index contributed by atoms with van der Waals surface area (Å²) in [6.07, 6.45) is 1.56. The lowest BCUT2D eigenvalue weighted by Crippen LogP contribution is -2.45. The van der Waals surface area contributed by atoms with E-state index >= 15 is 0 Å². The number of aliphatic hydroxyl groups is 1. The number of rotatable bonds is 5. The highest BCUT2D eigenvalue weighted by atomic mass is 35.5. The van der Waals surface area contributed by atoms with Crippen molar-refractivity contribution in [2.45, 2.75) is 17.9 Å². The highest BCUT2D eigenvalue weighted by Gasteiger charge is 2.22. The molecule has 1 fully saturated rings. The van der Waals surface area contributed by atoms with E-state index in [9.17, 15) is 5.11 Å². The van der Waals surface area contributed by atoms with Crippen LogP contribution in [-0.2, 0) is 0 Å². The maximum Gasteiger partial charge on any atom is 0.0839 e. The van der Waals surface area contributed by atoms with Crippen LogP contribution < -0.4 is 5.32 Å². The van der Waals surface area contributed by atoms with Crippen molar-refractivity contribution >= 4 is 23.4 Å². The second-order valence-corrected chi connectivity index (χ2v) is 6.64. The summed E-state index contributed by atoms with van der Waals surface area (Å²) in [6, 6.07) is 5.76. The van der Waals surface area contributed by atoms with Crippen LogP contribution in [0.2, 0.25) is 5.02 Å². The molecule has 112 valence electrons. The molecule has 0 amide bonds. The zero-order chi connectivity index (χ0) is 14.5. The van der Waals surface area contributed by atoms with Crippen molar-refractivity contribution in [1.29, 1.82) is 0 Å². The minimum atomic E-state index is -0.467. The van der Waals surface area contributed by atoms with Gasteiger partial charge in [0, 0.05) is 42.6 Å². The van der Waals surface area contributed by atoms with E-state index < -0.39 is 6.10 Å². The first-order valence-electron chi connectivity index (χ1n) is 7.06. The van der Waals surface area contributed by atoms with E-state index in [0.29, 0.717) is 5.02 Å². The molecule has 3 nitrogen and oxygen atoms in total. The minimum Gasteiger partial charge on any atom is -0.388 e. The molecule has 1 aromatic carbocycles. The van der Waals surface area contributed by atoms with Gasteiger partial charge >= 0.3 is 0 Å². The first-order chi connectivity index (χ1) is 9.61. The van der Waals surface area contributed by atoms with Gasteiger partial charge in [0.2, 0.25) is 0 Å². The first-order valence-corrected chi connectivity index (χ1v) is 8.66. The van der Waals surface area contributed by atoms with E-state index in [0.717, 1.165) is 43.2 Å². The van der Waals surface area contributed by atoms with Crippen molar-refractivity contribution in [3.63, 3.8) is 0 Å². The molecule has 5 heteroatoms. The molecule has 0 aromatic heterocycles. The molecule has 0 spiro atoms. The van der Waals surface area contributed by atoms with Gasteiger partial charge in [-0.3, -0.25) is 0 Å². The fourth-order valence-electron chi connectivity index (χ4n) is 2.64. The van der Waals surface area contributed by atoms with Crippen LogP contribution in [0.25, 0.3) is 0 Å². The maximum atomic E-state index is 10.6. The molecule has 2 N–H and O–H groups in total. The molecule has 1 aromatic rings. The van der Waals surface area contributed by atoms with Crippen molar-refractivity contribution in [2.75, 3.05) is 39.0 Å². The summed E-state index contributed by atoms with van der Waals surface area (Å²) < 4.78 is 0. The monoisotopic (exact) mass is 314 g/mol. The Bertz CT molecular complexity index is 438. The van der Waals surface area contributed by atoms with Gasteiger partial charge in [0.1, 0.15) is 0 Å². The standard InChI is InChI=1S/C15H23ClN2OS/c1-11(10-18-7-5-17-6-8-18)15(19)13-9-12(16)3-4-14(13)20-2/h3-4,9,11,15,17,19H,5-8,10H2,1-2H3. The van der Waals surface area contributed by atoms with Crippen LogP contribution in [0.3, 0.4) is 0 Å². The molecule has 20 heavy (non-hydrogen) atoms. The van der Waals surface area contributed by atoms with E-state index in [1.54, 1.807) is 11.8 Å². The Morgan fingerprint density at radius 2 is 2.10 bits per heavy atom. The SMILES string of the molecule is CSc1ccc(Cl)cc1C(O)C(C)CN1CCNCC1. The number of piperazine rings is 1. The second kappa shape index (κ2) is 7.66. The van der Waals surface area contributed by atoms with E-state index in [2.05, 4.69) is 17.1 Å². The van der Waals surface area contributed by atoms with Crippen molar-refractivity contribution in [2.24, 2.45) is 5.92 Å². The third-order valence-electron chi connectivity index (χ3n) is 3.81. The van der Waals surface area contributed by atoms with Gasteiger partial charge in [-0.25, -0.2) is 0 Å². The lowest BCUT2D eigenvalue weighted by Gasteiger charge is -2.31. The van der Waals surface area contributed by atoms with Crippen LogP contribution in [-0.4, -0.2) is 49.0 Å². The molecule has 2 rings (SSSR count). The topological polar surface area (TPSA) is 35.5 Å². The predicted molar refractivity (Wildman–Crippen MR) is 86.7 cm³/mol. The van der Waals surface area contributed by atoms with Crippen LogP contribution in [0.1, 0.15) is 18.6 Å². The molecule has 1 aliphatic heterocycles. The molecule has 0 radical (unpaired) electrons. The molecule has 0 aliphatic carbocycles. The van der Waals surface area contributed by atoms with Crippen LogP contribution in [0.5, 0.6) is 0 Å². The average molecular weight is 315 g/mol. The number of halogens is 1. The number of hydrogen-bond donors (Lipinski definition) is 2. The zero-order valence-electron chi connectivity index (χ0n) is 12.1. The largest absolute Gasteiger partial charge is 0.388 e. The Balaban J connectivity index is 2.05. The van der Waals surface area contributed by atoms with E-state index in [1.807, 2.05) is 24.5 Å². The Hall–Kier alpha value is -0.260. The summed E-state index contributed by atoms with van der Waals surface area (Å²) in [5.41, 5.74) is 0.952. The van der Waals surface area contributed by atoms with Gasteiger partial charge in [-0.2, -0.15) is 0 Å². The van der Waals surface area contributed by atoms with Gasteiger partial charge in [-0.1, -0.05) is 18.5 Å². The number of benzene rings is 1. The number of nitrogens with zero attached hydrogens (tertiary/aromatic N) is 1. The van der Waals surface area contributed by atoms with Crippen LogP contribution in [0, 0.1) is 5.92 Å². The Morgan fingerprint density at radius 3 is 2.75 bits per heavy atom. The number of thioether (sulfide) groups is 1. The average Bonchev–Trinajstić information content (AvgIpc) is 2.47. The van der Waals surface area contributed by atoms with Gasteiger partial charge in [-0.05, 0) is 35.9 Å². The fourth-order valence-corrected chi connectivity index (χ4v) is 3.44. The van der Waals surface area contributed by atoms with Gasteiger partial charge in [-0.15, -0.1) is 11.8 Å². The highest BCUT2D eigenvalue weighted by molar-refractivity contribution is 7.98. The lowest BCUT2D eigenvalue weighted by molar-refractivity contribution is 0.0823. The van der Waals surface area contributed by atoms with Gasteiger partial charge in [0.05, 0.1) is 6.10 Å². The van der Waals surface area contributed by atoms with Crippen molar-refractivity contribution in [3.8, 4) is 0 Å². The fraction of sp³-hybridized carbons (Fsp3) is 0.600. The summed E-state index contributed by atoms with van der Waals surface area (Å²) in [5, 5.41) is 14.7. The third kappa shape index (κ3) is 4.12. The van der Waals surface area contributed by atoms with E-state index in [1.165, 1.54) is 0 Å². The maximum absolute atomic E-state index is 10.6. The van der Waals surface area contributed by atoms with Crippen molar-refractivity contribution < 1.29 is 5.11 Å². The Kier molecular flexibility index (Phi) is 6.18. The molecule has 0 saturated carbocycles. The van der Waals surface area contributed by atoms with Gasteiger partial charge in [0.15, 0.2) is 0 Å². The molecule has 2 atom stereocenters. The smallest absolute Gasteiger partial charge is 0.0839 e. The molecule has 2 unspecified atom stereocenters. The predicted octanol–water partition coefficient (Wildman–Crippen LogP) is 2.64. The second-order valence-electron chi connectivity index (χ2n) is 5.36. The zero-order valence-corrected chi connectivity index (χ0v) is 13.7. The van der Waals surface area contributed by atoms with Gasteiger partial charge < -0.3 is 15.3 Å². The number of aliphatic hydroxyl groups excluding tert-OH is 1. The van der Waals surface area contributed by atoms with E-state index in [-0.39, 0.29) is 5.92 Å². The van der Waals surface area contributed by atoms with E-state index in [4.69, 9.17) is 11.6 Å². The molecular weight excluding hydrogens is 292 g/mol. The third-order valence-corrected chi connectivity index (χ3v) is 4.85. The molecular formula is C15H23ClN2OS. The number of hydrogen-bond acceptors (Lipinski definition) is 4. The van der Waals surface area contributed by atoms with Crippen LogP contribution in [0.15, 0.2) is 23.1 Å². The van der Waals surface area contributed by atoms with Crippen LogP contribution in [0.4, 0.5) is 0 Å². The summed E-state index contributed by atoms with van der Waals surface area (Å²) in [4.78, 5) is 3.52. The Labute approximate surface area is 130 Å².